The van der Waals surface area contributed by atoms with Crippen LogP contribution >= 0.6 is 0 Å². The molecule has 0 unspecified atom stereocenters. The second-order valence-corrected chi connectivity index (χ2v) is 2.48. The van der Waals surface area contributed by atoms with Gasteiger partial charge in [0.05, 0.1) is 14.2 Å². The molecule has 2 nitrogen and oxygen atoms in total. The Bertz CT molecular complexity index is 125. The van der Waals surface area contributed by atoms with Crippen molar-refractivity contribution in [1.29, 1.82) is 0 Å². The van der Waals surface area contributed by atoms with Gasteiger partial charge < -0.3 is 9.47 Å². The molecule has 0 amide bonds. The van der Waals surface area contributed by atoms with Gasteiger partial charge in [-0.2, -0.15) is 0 Å². The number of hydrogen-bond donors (Lipinski definition) is 0. The number of allylic oxidation sites excluding steroid dienone is 2. The van der Waals surface area contributed by atoms with Crippen LogP contribution in [-0.2, 0) is 9.47 Å². The zero-order chi connectivity index (χ0) is 8.15. The number of ether oxygens (including phenoxy) is 2. The molecule has 0 aromatic carbocycles. The van der Waals surface area contributed by atoms with Crippen molar-refractivity contribution in [3.63, 3.8) is 0 Å². The molecule has 0 saturated carbocycles. The molecule has 2 heteroatoms. The van der Waals surface area contributed by atoms with Crippen LogP contribution in [0, 0.1) is 5.92 Å². The fourth-order valence-corrected chi connectivity index (χ4v) is 0.887. The van der Waals surface area contributed by atoms with E-state index >= 15 is 0 Å². The zero-order valence-corrected chi connectivity index (χ0v) is 7.39. The van der Waals surface area contributed by atoms with Crippen LogP contribution in [0.3, 0.4) is 0 Å². The average Bonchev–Trinajstić information content (AvgIpc) is 1.88. The molecular weight excluding hydrogens is 128 g/mol. The monoisotopic (exact) mass is 144 g/mol. The van der Waals surface area contributed by atoms with E-state index in [-0.39, 0.29) is 0 Å². The minimum absolute atomic E-state index is 0.393. The lowest BCUT2D eigenvalue weighted by Crippen LogP contribution is -2.01. The van der Waals surface area contributed by atoms with Crippen LogP contribution in [0.4, 0.5) is 0 Å². The van der Waals surface area contributed by atoms with E-state index in [4.69, 9.17) is 9.47 Å². The Kier molecular flexibility index (Phi) is 3.93. The van der Waals surface area contributed by atoms with Crippen LogP contribution < -0.4 is 0 Å². The first-order valence-corrected chi connectivity index (χ1v) is 3.42. The van der Waals surface area contributed by atoms with E-state index in [1.807, 2.05) is 6.92 Å². The maximum Gasteiger partial charge on any atom is 0.135 e. The van der Waals surface area contributed by atoms with Crippen molar-refractivity contribution in [3.8, 4) is 0 Å². The fourth-order valence-electron chi connectivity index (χ4n) is 0.887. The average molecular weight is 144 g/mol. The van der Waals surface area contributed by atoms with Crippen molar-refractivity contribution in [2.45, 2.75) is 20.8 Å². The smallest absolute Gasteiger partial charge is 0.135 e. The summed E-state index contributed by atoms with van der Waals surface area (Å²) >= 11 is 0. The largest absolute Gasteiger partial charge is 0.498 e. The van der Waals surface area contributed by atoms with E-state index in [0.717, 1.165) is 11.5 Å². The van der Waals surface area contributed by atoms with Crippen LogP contribution in [0.5, 0.6) is 0 Å². The molecule has 0 fully saturated rings. The summed E-state index contributed by atoms with van der Waals surface area (Å²) in [4.78, 5) is 0. The third-order valence-electron chi connectivity index (χ3n) is 1.40. The van der Waals surface area contributed by atoms with Gasteiger partial charge in [-0.25, -0.2) is 0 Å². The molecule has 0 atom stereocenters. The molecular formula is C8H16O2. The van der Waals surface area contributed by atoms with E-state index in [1.54, 1.807) is 14.2 Å². The maximum absolute atomic E-state index is 5.12. The first-order chi connectivity index (χ1) is 4.63. The molecule has 0 aliphatic heterocycles. The lowest BCUT2D eigenvalue weighted by atomic mass is 10.1. The summed E-state index contributed by atoms with van der Waals surface area (Å²) in [7, 11) is 3.31. The first-order valence-electron chi connectivity index (χ1n) is 3.42. The molecule has 0 radical (unpaired) electrons. The fraction of sp³-hybridized carbons (Fsp3) is 0.750. The minimum atomic E-state index is 0.393. The molecule has 10 heavy (non-hydrogen) atoms. The van der Waals surface area contributed by atoms with Crippen molar-refractivity contribution in [1.82, 2.24) is 0 Å². The van der Waals surface area contributed by atoms with E-state index in [1.165, 1.54) is 0 Å². The summed E-state index contributed by atoms with van der Waals surface area (Å²) in [6.45, 7) is 6.04. The standard InChI is InChI=1S/C8H16O2/c1-6(2)8(10-5)7(3)9-4/h6H,1-5H3. The Balaban J connectivity index is 4.29. The van der Waals surface area contributed by atoms with Gasteiger partial charge in [-0.1, -0.05) is 13.8 Å². The molecule has 0 aliphatic carbocycles. The summed E-state index contributed by atoms with van der Waals surface area (Å²) in [5.74, 6) is 2.17. The topological polar surface area (TPSA) is 18.5 Å². The predicted octanol–water partition coefficient (Wildman–Crippen LogP) is 2.17. The van der Waals surface area contributed by atoms with E-state index in [0.29, 0.717) is 5.92 Å². The van der Waals surface area contributed by atoms with Gasteiger partial charge in [-0.15, -0.1) is 0 Å². The molecule has 0 bridgehead atoms. The van der Waals surface area contributed by atoms with Gasteiger partial charge in [0.1, 0.15) is 11.5 Å². The molecule has 0 heterocycles. The van der Waals surface area contributed by atoms with Crippen molar-refractivity contribution in [2.75, 3.05) is 14.2 Å². The number of rotatable bonds is 3. The molecule has 0 saturated heterocycles. The Hall–Kier alpha value is -0.660. The third-order valence-corrected chi connectivity index (χ3v) is 1.40. The van der Waals surface area contributed by atoms with Gasteiger partial charge >= 0.3 is 0 Å². The normalized spacial score (nSPS) is 13.0. The van der Waals surface area contributed by atoms with Gasteiger partial charge in [-0.05, 0) is 6.92 Å². The molecule has 0 aromatic heterocycles. The van der Waals surface area contributed by atoms with Gasteiger partial charge in [0.15, 0.2) is 0 Å². The van der Waals surface area contributed by atoms with Crippen LogP contribution in [0.2, 0.25) is 0 Å². The van der Waals surface area contributed by atoms with Crippen LogP contribution in [0.15, 0.2) is 11.5 Å². The number of hydrogen-bond acceptors (Lipinski definition) is 2. The highest BCUT2D eigenvalue weighted by Crippen LogP contribution is 2.14. The summed E-state index contributed by atoms with van der Waals surface area (Å²) in [5, 5.41) is 0. The molecule has 0 rings (SSSR count). The van der Waals surface area contributed by atoms with Crippen LogP contribution in [-0.4, -0.2) is 14.2 Å². The van der Waals surface area contributed by atoms with Crippen LogP contribution in [0.1, 0.15) is 20.8 Å². The summed E-state index contributed by atoms with van der Waals surface area (Å²) in [6, 6.07) is 0. The Labute approximate surface area is 62.8 Å². The van der Waals surface area contributed by atoms with Gasteiger partial charge in [0.2, 0.25) is 0 Å². The summed E-state index contributed by atoms with van der Waals surface area (Å²) in [5.41, 5.74) is 0. The van der Waals surface area contributed by atoms with E-state index in [9.17, 15) is 0 Å². The van der Waals surface area contributed by atoms with Crippen LogP contribution in [0.25, 0.3) is 0 Å². The summed E-state index contributed by atoms with van der Waals surface area (Å²) < 4.78 is 10.1. The van der Waals surface area contributed by atoms with Crippen molar-refractivity contribution in [3.05, 3.63) is 11.5 Å². The maximum atomic E-state index is 5.12. The Morgan fingerprint density at radius 2 is 1.60 bits per heavy atom. The van der Waals surface area contributed by atoms with Gasteiger partial charge in [-0.3, -0.25) is 0 Å². The van der Waals surface area contributed by atoms with Gasteiger partial charge in [0, 0.05) is 5.92 Å². The Morgan fingerprint density at radius 1 is 1.10 bits per heavy atom. The van der Waals surface area contributed by atoms with Gasteiger partial charge in [0.25, 0.3) is 0 Å². The second kappa shape index (κ2) is 4.20. The highest BCUT2D eigenvalue weighted by molar-refractivity contribution is 5.00. The quantitative estimate of drug-likeness (QED) is 0.565. The van der Waals surface area contributed by atoms with E-state index in [2.05, 4.69) is 13.8 Å². The lowest BCUT2D eigenvalue weighted by molar-refractivity contribution is 0.197. The molecule has 0 aromatic rings. The molecule has 0 spiro atoms. The second-order valence-electron chi connectivity index (χ2n) is 2.48. The zero-order valence-electron chi connectivity index (χ0n) is 7.39. The SMILES string of the molecule is COC(C)=C(OC)C(C)C. The van der Waals surface area contributed by atoms with E-state index < -0.39 is 0 Å². The van der Waals surface area contributed by atoms with Crippen molar-refractivity contribution in [2.24, 2.45) is 5.92 Å². The minimum Gasteiger partial charge on any atom is -0.498 e. The summed E-state index contributed by atoms with van der Waals surface area (Å²) in [6.07, 6.45) is 0. The molecule has 0 N–H and O–H groups in total. The predicted molar refractivity (Wildman–Crippen MR) is 41.6 cm³/mol. The highest BCUT2D eigenvalue weighted by atomic mass is 16.5. The third kappa shape index (κ3) is 2.29. The number of methoxy groups -OCH3 is 2. The Morgan fingerprint density at radius 3 is 1.70 bits per heavy atom. The molecule has 60 valence electrons. The lowest BCUT2D eigenvalue weighted by Gasteiger charge is -2.12. The molecule has 0 aliphatic rings. The van der Waals surface area contributed by atoms with Crippen molar-refractivity contribution >= 4 is 0 Å². The first kappa shape index (κ1) is 9.34. The highest BCUT2D eigenvalue weighted by Gasteiger charge is 2.06. The van der Waals surface area contributed by atoms with Crippen molar-refractivity contribution < 1.29 is 9.47 Å².